The zero-order chi connectivity index (χ0) is 12.6. The summed E-state index contributed by atoms with van der Waals surface area (Å²) in [5.74, 6) is -1.33. The predicted molar refractivity (Wildman–Crippen MR) is 59.0 cm³/mol. The molecule has 0 aromatic heterocycles. The van der Waals surface area contributed by atoms with Crippen LogP contribution in [0.25, 0.3) is 0 Å². The number of carboxylic acids is 1. The number of hydrogen-bond donors (Lipinski definition) is 1. The molecular formula is C10H11NO5S. The Hall–Kier alpha value is -1.50. The normalized spacial score (nSPS) is 23.0. The first-order chi connectivity index (χ1) is 8.00. The number of esters is 1. The van der Waals surface area contributed by atoms with Crippen molar-refractivity contribution in [3.63, 3.8) is 0 Å². The fourth-order valence-corrected chi connectivity index (χ4v) is 3.02. The predicted octanol–water partition coefficient (Wildman–Crippen LogP) is 0.193. The highest BCUT2D eigenvalue weighted by Crippen LogP contribution is 2.39. The van der Waals surface area contributed by atoms with Crippen molar-refractivity contribution < 1.29 is 24.2 Å². The Bertz CT molecular complexity index is 430. The first-order valence-electron chi connectivity index (χ1n) is 5.03. The van der Waals surface area contributed by atoms with Gasteiger partial charge in [0.1, 0.15) is 12.3 Å². The molecule has 17 heavy (non-hydrogen) atoms. The van der Waals surface area contributed by atoms with E-state index in [1.165, 1.54) is 23.6 Å². The lowest BCUT2D eigenvalue weighted by atomic mass is 10.1. The van der Waals surface area contributed by atoms with Gasteiger partial charge in [0.25, 0.3) is 0 Å². The van der Waals surface area contributed by atoms with E-state index in [-0.39, 0.29) is 23.6 Å². The molecule has 1 atom stereocenters. The van der Waals surface area contributed by atoms with Crippen molar-refractivity contribution in [1.29, 1.82) is 0 Å². The summed E-state index contributed by atoms with van der Waals surface area (Å²) in [6.45, 7) is 1.19. The third-order valence-corrected chi connectivity index (χ3v) is 3.86. The second-order valence-electron chi connectivity index (χ2n) is 3.77. The smallest absolute Gasteiger partial charge is 0.352 e. The minimum atomic E-state index is -1.15. The van der Waals surface area contributed by atoms with Crippen molar-refractivity contribution in [2.75, 3.05) is 12.4 Å². The zero-order valence-corrected chi connectivity index (χ0v) is 9.95. The summed E-state index contributed by atoms with van der Waals surface area (Å²) in [4.78, 5) is 34.5. The Morgan fingerprint density at radius 2 is 2.29 bits per heavy atom. The number of β-lactam (4-membered cyclic amide) rings is 1. The van der Waals surface area contributed by atoms with Gasteiger partial charge in [0.05, 0.1) is 11.8 Å². The Balaban J connectivity index is 2.23. The lowest BCUT2D eigenvalue weighted by molar-refractivity contribution is -0.146. The van der Waals surface area contributed by atoms with Crippen molar-refractivity contribution >= 4 is 29.6 Å². The van der Waals surface area contributed by atoms with Crippen LogP contribution in [0, 0.1) is 0 Å². The molecule has 0 bridgehead atoms. The summed E-state index contributed by atoms with van der Waals surface area (Å²) >= 11 is 1.49. The molecular weight excluding hydrogens is 246 g/mol. The highest BCUT2D eigenvalue weighted by atomic mass is 32.2. The van der Waals surface area contributed by atoms with Gasteiger partial charge in [-0.3, -0.25) is 14.5 Å². The number of aliphatic carboxylic acids is 1. The molecule has 7 heteroatoms. The molecule has 0 aromatic rings. The number of nitrogens with zero attached hydrogens (tertiary/aromatic N) is 1. The lowest BCUT2D eigenvalue weighted by Gasteiger charge is -2.43. The molecule has 92 valence electrons. The molecule has 2 aliphatic heterocycles. The molecule has 1 unspecified atom stereocenters. The first kappa shape index (κ1) is 12.0. The summed E-state index contributed by atoms with van der Waals surface area (Å²) in [5.41, 5.74) is 0.452. The monoisotopic (exact) mass is 257 g/mol. The standard InChI is InChI=1S/C10H11NO5S/c1-5(12)16-3-6-4-17-8-2-7(13)11(8)9(6)10(14)15/h8H,2-4H2,1H3,(H,14,15). The molecule has 0 aliphatic carbocycles. The van der Waals surface area contributed by atoms with E-state index >= 15 is 0 Å². The van der Waals surface area contributed by atoms with Crippen molar-refractivity contribution in [1.82, 2.24) is 4.90 Å². The van der Waals surface area contributed by atoms with E-state index in [0.29, 0.717) is 17.7 Å². The molecule has 1 amide bonds. The van der Waals surface area contributed by atoms with Crippen LogP contribution in [0.4, 0.5) is 0 Å². The molecule has 2 heterocycles. The summed E-state index contributed by atoms with van der Waals surface area (Å²) in [6, 6.07) is 0. The van der Waals surface area contributed by atoms with E-state index in [1.54, 1.807) is 0 Å². The van der Waals surface area contributed by atoms with E-state index in [2.05, 4.69) is 0 Å². The molecule has 0 radical (unpaired) electrons. The van der Waals surface area contributed by atoms with Gasteiger partial charge in [0.2, 0.25) is 5.91 Å². The fourth-order valence-electron chi connectivity index (χ4n) is 1.78. The number of ether oxygens (including phenoxy) is 1. The van der Waals surface area contributed by atoms with Gasteiger partial charge in [-0.05, 0) is 0 Å². The molecule has 1 N–H and O–H groups in total. The maximum absolute atomic E-state index is 11.4. The van der Waals surface area contributed by atoms with Crippen LogP contribution in [0.15, 0.2) is 11.3 Å². The molecule has 0 spiro atoms. The lowest BCUT2D eigenvalue weighted by Crippen LogP contribution is -2.54. The van der Waals surface area contributed by atoms with Crippen LogP contribution in [0.2, 0.25) is 0 Å². The third kappa shape index (κ3) is 2.14. The Morgan fingerprint density at radius 1 is 1.59 bits per heavy atom. The molecule has 6 nitrogen and oxygen atoms in total. The second-order valence-corrected chi connectivity index (χ2v) is 4.94. The number of fused-ring (bicyclic) bond motifs is 1. The van der Waals surface area contributed by atoms with Crippen molar-refractivity contribution in [3.8, 4) is 0 Å². The highest BCUT2D eigenvalue weighted by molar-refractivity contribution is 8.00. The van der Waals surface area contributed by atoms with Gasteiger partial charge < -0.3 is 9.84 Å². The topological polar surface area (TPSA) is 83.9 Å². The van der Waals surface area contributed by atoms with Crippen molar-refractivity contribution in [2.45, 2.75) is 18.7 Å². The van der Waals surface area contributed by atoms with Gasteiger partial charge in [-0.1, -0.05) is 0 Å². The Labute approximate surface area is 102 Å². The van der Waals surface area contributed by atoms with Crippen LogP contribution < -0.4 is 0 Å². The van der Waals surface area contributed by atoms with Gasteiger partial charge in [-0.15, -0.1) is 11.8 Å². The molecule has 2 rings (SSSR count). The quantitative estimate of drug-likeness (QED) is 0.574. The number of amides is 1. The van der Waals surface area contributed by atoms with Crippen LogP contribution >= 0.6 is 11.8 Å². The van der Waals surface area contributed by atoms with Crippen LogP contribution in [0.5, 0.6) is 0 Å². The number of carboxylic acid groups (broad SMARTS) is 1. The number of thioether (sulfide) groups is 1. The maximum Gasteiger partial charge on any atom is 0.352 e. The molecule has 1 fully saturated rings. The average molecular weight is 257 g/mol. The zero-order valence-electron chi connectivity index (χ0n) is 9.13. The van der Waals surface area contributed by atoms with Crippen LogP contribution in [0.1, 0.15) is 13.3 Å². The number of rotatable bonds is 3. The van der Waals surface area contributed by atoms with Gasteiger partial charge in [-0.2, -0.15) is 0 Å². The second kappa shape index (κ2) is 4.40. The van der Waals surface area contributed by atoms with E-state index < -0.39 is 11.9 Å². The van der Waals surface area contributed by atoms with Crippen LogP contribution in [-0.2, 0) is 19.1 Å². The average Bonchev–Trinajstić information content (AvgIpc) is 2.24. The maximum atomic E-state index is 11.4. The SMILES string of the molecule is CC(=O)OCC1=C(C(=O)O)N2C(=O)CC2SC1. The third-order valence-electron chi connectivity index (χ3n) is 2.58. The van der Waals surface area contributed by atoms with E-state index in [9.17, 15) is 14.4 Å². The van der Waals surface area contributed by atoms with Crippen LogP contribution in [0.3, 0.4) is 0 Å². The molecule has 2 aliphatic rings. The van der Waals surface area contributed by atoms with Gasteiger partial charge in [0, 0.05) is 18.2 Å². The molecule has 1 saturated heterocycles. The highest BCUT2D eigenvalue weighted by Gasteiger charge is 2.45. The van der Waals surface area contributed by atoms with E-state index in [4.69, 9.17) is 9.84 Å². The summed E-state index contributed by atoms with van der Waals surface area (Å²) < 4.78 is 4.79. The summed E-state index contributed by atoms with van der Waals surface area (Å²) in [5, 5.41) is 9.04. The van der Waals surface area contributed by atoms with Gasteiger partial charge in [-0.25, -0.2) is 4.79 Å². The minimum Gasteiger partial charge on any atom is -0.477 e. The largest absolute Gasteiger partial charge is 0.477 e. The molecule has 0 saturated carbocycles. The fraction of sp³-hybridized carbons (Fsp3) is 0.500. The Morgan fingerprint density at radius 3 is 2.82 bits per heavy atom. The Kier molecular flexibility index (Phi) is 3.10. The van der Waals surface area contributed by atoms with Gasteiger partial charge >= 0.3 is 11.9 Å². The van der Waals surface area contributed by atoms with Gasteiger partial charge in [0.15, 0.2) is 0 Å². The number of carbonyl (C=O) groups excluding carboxylic acids is 2. The molecule has 0 aromatic carbocycles. The van der Waals surface area contributed by atoms with Crippen molar-refractivity contribution in [3.05, 3.63) is 11.3 Å². The van der Waals surface area contributed by atoms with Crippen LogP contribution in [-0.4, -0.2) is 45.6 Å². The summed E-state index contributed by atoms with van der Waals surface area (Å²) in [6.07, 6.45) is 0.377. The van der Waals surface area contributed by atoms with E-state index in [0.717, 1.165) is 0 Å². The first-order valence-corrected chi connectivity index (χ1v) is 6.08. The minimum absolute atomic E-state index is 0.0220. The summed E-state index contributed by atoms with van der Waals surface area (Å²) in [7, 11) is 0. The number of carbonyl (C=O) groups is 3. The van der Waals surface area contributed by atoms with E-state index in [1.807, 2.05) is 0 Å². The van der Waals surface area contributed by atoms with Crippen molar-refractivity contribution in [2.24, 2.45) is 0 Å². The number of hydrogen-bond acceptors (Lipinski definition) is 5.